The van der Waals surface area contributed by atoms with E-state index < -0.39 is 12.0 Å². The summed E-state index contributed by atoms with van der Waals surface area (Å²) in [5.41, 5.74) is 6.90. The Morgan fingerprint density at radius 2 is 2.19 bits per heavy atom. The zero-order chi connectivity index (χ0) is 12.1. The number of rotatable bonds is 4. The molecule has 0 fully saturated rings. The lowest BCUT2D eigenvalue weighted by atomic mass is 10.1. The summed E-state index contributed by atoms with van der Waals surface area (Å²) in [5, 5.41) is 11.0. The quantitative estimate of drug-likeness (QED) is 0.643. The number of carbonyl (C=O) groups excluding carboxylic acids is 1. The number of aliphatic carboxylic acids is 1. The Hall–Kier alpha value is -2.04. The first kappa shape index (κ1) is 12.0. The number of anilines is 1. The van der Waals surface area contributed by atoms with Crippen molar-refractivity contribution in [1.82, 2.24) is 5.32 Å². The van der Waals surface area contributed by atoms with Crippen molar-refractivity contribution in [2.24, 2.45) is 0 Å². The van der Waals surface area contributed by atoms with E-state index >= 15 is 0 Å². The van der Waals surface area contributed by atoms with Gasteiger partial charge in [-0.3, -0.25) is 9.59 Å². The number of nitrogens with two attached hydrogens (primary N) is 1. The molecule has 1 atom stereocenters. The number of carboxylic acids is 1. The van der Waals surface area contributed by atoms with Crippen LogP contribution in [0.4, 0.5) is 5.69 Å². The highest BCUT2D eigenvalue weighted by molar-refractivity contribution is 5.84. The molecular weight excluding hydrogens is 208 g/mol. The largest absolute Gasteiger partial charge is 0.480 e. The molecule has 0 spiro atoms. The Kier molecular flexibility index (Phi) is 3.88. The molecule has 1 amide bonds. The van der Waals surface area contributed by atoms with Gasteiger partial charge < -0.3 is 16.2 Å². The summed E-state index contributed by atoms with van der Waals surface area (Å²) >= 11 is 0. The molecule has 0 unspecified atom stereocenters. The van der Waals surface area contributed by atoms with Crippen LogP contribution in [0, 0.1) is 0 Å². The van der Waals surface area contributed by atoms with Crippen LogP contribution in [0.3, 0.4) is 0 Å². The Balaban J connectivity index is 2.55. The minimum Gasteiger partial charge on any atom is -0.480 e. The van der Waals surface area contributed by atoms with E-state index in [0.717, 1.165) is 5.56 Å². The molecule has 0 heterocycles. The molecule has 0 aliphatic carbocycles. The first-order valence-electron chi connectivity index (χ1n) is 4.85. The molecule has 5 heteroatoms. The number of nitrogens with one attached hydrogen (secondary N) is 1. The van der Waals surface area contributed by atoms with Crippen LogP contribution in [-0.2, 0) is 16.0 Å². The topological polar surface area (TPSA) is 92.4 Å². The van der Waals surface area contributed by atoms with Crippen molar-refractivity contribution in [2.45, 2.75) is 19.4 Å². The van der Waals surface area contributed by atoms with Gasteiger partial charge in [0.1, 0.15) is 6.04 Å². The van der Waals surface area contributed by atoms with Crippen LogP contribution >= 0.6 is 0 Å². The molecule has 86 valence electrons. The predicted octanol–water partition coefficient (Wildman–Crippen LogP) is 0.401. The molecule has 0 aromatic heterocycles. The van der Waals surface area contributed by atoms with Crippen molar-refractivity contribution >= 4 is 17.6 Å². The molecule has 16 heavy (non-hydrogen) atoms. The molecule has 5 nitrogen and oxygen atoms in total. The SMILES string of the molecule is C[C@H](NC(=O)Cc1cccc(N)c1)C(=O)O. The van der Waals surface area contributed by atoms with E-state index in [0.29, 0.717) is 5.69 Å². The summed E-state index contributed by atoms with van der Waals surface area (Å²) in [6, 6.07) is 6.04. The van der Waals surface area contributed by atoms with E-state index in [1.807, 2.05) is 0 Å². The molecule has 0 bridgehead atoms. The fraction of sp³-hybridized carbons (Fsp3) is 0.273. The second-order valence-electron chi connectivity index (χ2n) is 3.55. The normalized spacial score (nSPS) is 11.8. The van der Waals surface area contributed by atoms with Crippen molar-refractivity contribution in [1.29, 1.82) is 0 Å². The van der Waals surface area contributed by atoms with Crippen molar-refractivity contribution < 1.29 is 14.7 Å². The lowest BCUT2D eigenvalue weighted by Crippen LogP contribution is -2.39. The van der Waals surface area contributed by atoms with E-state index in [-0.39, 0.29) is 12.3 Å². The van der Waals surface area contributed by atoms with Gasteiger partial charge in [0.2, 0.25) is 5.91 Å². The Morgan fingerprint density at radius 3 is 2.75 bits per heavy atom. The van der Waals surface area contributed by atoms with Gasteiger partial charge in [0, 0.05) is 5.69 Å². The van der Waals surface area contributed by atoms with Gasteiger partial charge >= 0.3 is 5.97 Å². The Labute approximate surface area is 93.3 Å². The van der Waals surface area contributed by atoms with Gasteiger partial charge in [-0.15, -0.1) is 0 Å². The number of benzene rings is 1. The fourth-order valence-corrected chi connectivity index (χ4v) is 1.24. The minimum atomic E-state index is -1.05. The number of nitrogen functional groups attached to an aromatic ring is 1. The summed E-state index contributed by atoms with van der Waals surface area (Å²) < 4.78 is 0. The Morgan fingerprint density at radius 1 is 1.50 bits per heavy atom. The summed E-state index contributed by atoms with van der Waals surface area (Å²) in [5.74, 6) is -1.39. The second kappa shape index (κ2) is 5.16. The average molecular weight is 222 g/mol. The van der Waals surface area contributed by atoms with Crippen LogP contribution in [0.25, 0.3) is 0 Å². The molecule has 0 aliphatic heterocycles. The second-order valence-corrected chi connectivity index (χ2v) is 3.55. The maximum absolute atomic E-state index is 11.4. The molecule has 4 N–H and O–H groups in total. The lowest BCUT2D eigenvalue weighted by Gasteiger charge is -2.09. The van der Waals surface area contributed by atoms with Gasteiger partial charge in [-0.1, -0.05) is 12.1 Å². The van der Waals surface area contributed by atoms with Crippen molar-refractivity contribution in [3.63, 3.8) is 0 Å². The predicted molar refractivity (Wildman–Crippen MR) is 59.8 cm³/mol. The average Bonchev–Trinajstić information content (AvgIpc) is 2.16. The summed E-state index contributed by atoms with van der Waals surface area (Å²) in [6.07, 6.45) is 0.128. The number of hydrogen-bond donors (Lipinski definition) is 3. The van der Waals surface area contributed by atoms with Crippen LogP contribution in [0.15, 0.2) is 24.3 Å². The third-order valence-corrected chi connectivity index (χ3v) is 2.06. The maximum Gasteiger partial charge on any atom is 0.325 e. The third-order valence-electron chi connectivity index (χ3n) is 2.06. The van der Waals surface area contributed by atoms with E-state index in [1.165, 1.54) is 6.92 Å². The van der Waals surface area contributed by atoms with Gasteiger partial charge in [0.25, 0.3) is 0 Å². The van der Waals surface area contributed by atoms with Gasteiger partial charge in [-0.2, -0.15) is 0 Å². The standard InChI is InChI=1S/C11H14N2O3/c1-7(11(15)16)13-10(14)6-8-3-2-4-9(12)5-8/h2-5,7H,6,12H2,1H3,(H,13,14)(H,15,16)/t7-/m0/s1. The molecular formula is C11H14N2O3. The van der Waals surface area contributed by atoms with Crippen LogP contribution in [-0.4, -0.2) is 23.0 Å². The highest BCUT2D eigenvalue weighted by Crippen LogP contribution is 2.07. The van der Waals surface area contributed by atoms with Crippen LogP contribution in [0.5, 0.6) is 0 Å². The smallest absolute Gasteiger partial charge is 0.325 e. The van der Waals surface area contributed by atoms with Crippen LogP contribution in [0.2, 0.25) is 0 Å². The highest BCUT2D eigenvalue weighted by Gasteiger charge is 2.13. The van der Waals surface area contributed by atoms with Gasteiger partial charge in [0.05, 0.1) is 6.42 Å². The molecule has 1 rings (SSSR count). The number of carboxylic acid groups (broad SMARTS) is 1. The van der Waals surface area contributed by atoms with Crippen LogP contribution < -0.4 is 11.1 Å². The molecule has 1 aromatic carbocycles. The van der Waals surface area contributed by atoms with Gasteiger partial charge in [-0.25, -0.2) is 0 Å². The monoisotopic (exact) mass is 222 g/mol. The minimum absolute atomic E-state index is 0.128. The van der Waals surface area contributed by atoms with Crippen molar-refractivity contribution in [3.05, 3.63) is 29.8 Å². The van der Waals surface area contributed by atoms with E-state index in [2.05, 4.69) is 5.32 Å². The van der Waals surface area contributed by atoms with Gasteiger partial charge in [-0.05, 0) is 24.6 Å². The van der Waals surface area contributed by atoms with Crippen molar-refractivity contribution in [2.75, 3.05) is 5.73 Å². The number of hydrogen-bond acceptors (Lipinski definition) is 3. The highest BCUT2D eigenvalue weighted by atomic mass is 16.4. The Bertz CT molecular complexity index is 404. The molecule has 1 aromatic rings. The number of carbonyl (C=O) groups is 2. The van der Waals surface area contributed by atoms with E-state index in [1.54, 1.807) is 24.3 Å². The van der Waals surface area contributed by atoms with E-state index in [4.69, 9.17) is 10.8 Å². The lowest BCUT2D eigenvalue weighted by molar-refractivity contribution is -0.141. The first-order chi connectivity index (χ1) is 7.49. The zero-order valence-electron chi connectivity index (χ0n) is 8.93. The zero-order valence-corrected chi connectivity index (χ0v) is 8.93. The number of amides is 1. The van der Waals surface area contributed by atoms with Crippen LogP contribution in [0.1, 0.15) is 12.5 Å². The van der Waals surface area contributed by atoms with Crippen molar-refractivity contribution in [3.8, 4) is 0 Å². The molecule has 0 aliphatic rings. The molecule has 0 saturated heterocycles. The molecule has 0 saturated carbocycles. The van der Waals surface area contributed by atoms with E-state index in [9.17, 15) is 9.59 Å². The first-order valence-corrected chi connectivity index (χ1v) is 4.85. The summed E-state index contributed by atoms with van der Waals surface area (Å²) in [4.78, 5) is 21.9. The summed E-state index contributed by atoms with van der Waals surface area (Å²) in [7, 11) is 0. The third kappa shape index (κ3) is 3.61. The molecule has 0 radical (unpaired) electrons. The van der Waals surface area contributed by atoms with Gasteiger partial charge in [0.15, 0.2) is 0 Å². The summed E-state index contributed by atoms with van der Waals surface area (Å²) in [6.45, 7) is 1.42. The maximum atomic E-state index is 11.4. The fourth-order valence-electron chi connectivity index (χ4n) is 1.24.